The van der Waals surface area contributed by atoms with Crippen molar-refractivity contribution in [2.24, 2.45) is 23.2 Å². The van der Waals surface area contributed by atoms with Gasteiger partial charge in [0, 0.05) is 31.6 Å². The SMILES string of the molecule is CO[C@@]12OC(=O)C(C)=C1C[C@H]1[C@@H](C)CCC[C@]1(C)CCC(=O)[C@@H](COC(C)=O)[C@H]2O. The minimum Gasteiger partial charge on any atom is -0.465 e. The Morgan fingerprint density at radius 2 is 2.00 bits per heavy atom. The van der Waals surface area contributed by atoms with Crippen LogP contribution in [0, 0.1) is 23.2 Å². The molecule has 0 bridgehead atoms. The number of ether oxygens (including phenoxy) is 3. The quantitative estimate of drug-likeness (QED) is 0.698. The van der Waals surface area contributed by atoms with Crippen molar-refractivity contribution in [2.45, 2.75) is 78.1 Å². The van der Waals surface area contributed by atoms with Gasteiger partial charge in [-0.1, -0.05) is 26.7 Å². The lowest BCUT2D eigenvalue weighted by atomic mass is 9.58. The van der Waals surface area contributed by atoms with Gasteiger partial charge < -0.3 is 19.3 Å². The Morgan fingerprint density at radius 3 is 2.63 bits per heavy atom. The van der Waals surface area contributed by atoms with Crippen molar-refractivity contribution < 1.29 is 33.7 Å². The molecule has 0 radical (unpaired) electrons. The monoisotopic (exact) mass is 422 g/mol. The Labute approximate surface area is 178 Å². The van der Waals surface area contributed by atoms with Gasteiger partial charge in [-0.05, 0) is 43.4 Å². The second kappa shape index (κ2) is 8.42. The second-order valence-electron chi connectivity index (χ2n) is 9.52. The smallest absolute Gasteiger partial charge is 0.336 e. The molecule has 1 aliphatic heterocycles. The van der Waals surface area contributed by atoms with E-state index in [1.54, 1.807) is 6.92 Å². The van der Waals surface area contributed by atoms with Crippen LogP contribution in [0.4, 0.5) is 0 Å². The maximum atomic E-state index is 13.2. The molecular formula is C23H34O7. The number of aliphatic hydroxyl groups excluding tert-OH is 1. The average molecular weight is 423 g/mol. The largest absolute Gasteiger partial charge is 0.465 e. The lowest BCUT2D eigenvalue weighted by Crippen LogP contribution is -2.55. The van der Waals surface area contributed by atoms with Gasteiger partial charge in [-0.15, -0.1) is 0 Å². The summed E-state index contributed by atoms with van der Waals surface area (Å²) in [4.78, 5) is 37.2. The number of ketones is 1. The molecule has 30 heavy (non-hydrogen) atoms. The molecule has 2 saturated carbocycles. The van der Waals surface area contributed by atoms with E-state index in [-0.39, 0.29) is 30.1 Å². The molecule has 7 heteroatoms. The van der Waals surface area contributed by atoms with Crippen molar-refractivity contribution in [2.75, 3.05) is 13.7 Å². The number of aliphatic hydroxyl groups is 1. The number of Topliss-reactive ketones (excluding diaryl/α,β-unsaturated/α-hetero) is 1. The van der Waals surface area contributed by atoms with Crippen molar-refractivity contribution in [3.8, 4) is 0 Å². The van der Waals surface area contributed by atoms with Gasteiger partial charge in [0.2, 0.25) is 0 Å². The third kappa shape index (κ3) is 3.82. The fourth-order valence-electron chi connectivity index (χ4n) is 5.79. The number of hydrogen-bond donors (Lipinski definition) is 1. The summed E-state index contributed by atoms with van der Waals surface area (Å²) in [6.07, 6.45) is 3.27. The molecule has 0 unspecified atom stereocenters. The Hall–Kier alpha value is -1.73. The standard InChI is InChI=1S/C23H34O7/c1-13-7-6-9-22(4)10-8-19(25)16(12-29-15(3)24)20(26)23(28-5)18(11-17(13)22)14(2)21(27)30-23/h13,16-17,20,26H,6-12H2,1-5H3/t13-,16+,17-,20+,22+,23+/m0/s1. The van der Waals surface area contributed by atoms with Crippen LogP contribution in [0.15, 0.2) is 11.1 Å². The number of hydrogen-bond acceptors (Lipinski definition) is 7. The first-order chi connectivity index (χ1) is 14.1. The molecule has 1 N–H and O–H groups in total. The first-order valence-electron chi connectivity index (χ1n) is 10.9. The van der Waals surface area contributed by atoms with Crippen LogP contribution in [0.5, 0.6) is 0 Å². The lowest BCUT2D eigenvalue weighted by Gasteiger charge is -2.48. The number of rotatable bonds is 3. The fourth-order valence-corrected chi connectivity index (χ4v) is 5.79. The molecular weight excluding hydrogens is 388 g/mol. The van der Waals surface area contributed by atoms with Gasteiger partial charge >= 0.3 is 11.9 Å². The summed E-state index contributed by atoms with van der Waals surface area (Å²) in [6, 6.07) is 0. The van der Waals surface area contributed by atoms with E-state index >= 15 is 0 Å². The molecule has 6 atom stereocenters. The zero-order valence-electron chi connectivity index (χ0n) is 18.7. The summed E-state index contributed by atoms with van der Waals surface area (Å²) >= 11 is 0. The highest BCUT2D eigenvalue weighted by Gasteiger charge is 2.58. The van der Waals surface area contributed by atoms with Crippen molar-refractivity contribution in [1.82, 2.24) is 0 Å². The molecule has 1 heterocycles. The van der Waals surface area contributed by atoms with Gasteiger partial charge in [0.25, 0.3) is 5.79 Å². The van der Waals surface area contributed by atoms with Crippen LogP contribution in [0.1, 0.15) is 66.2 Å². The van der Waals surface area contributed by atoms with Crippen molar-refractivity contribution in [3.63, 3.8) is 0 Å². The molecule has 2 aliphatic carbocycles. The molecule has 3 aliphatic rings. The van der Waals surface area contributed by atoms with Gasteiger partial charge in [-0.25, -0.2) is 4.79 Å². The average Bonchev–Trinajstić information content (AvgIpc) is 2.93. The van der Waals surface area contributed by atoms with Crippen LogP contribution in [0.2, 0.25) is 0 Å². The van der Waals surface area contributed by atoms with E-state index in [2.05, 4.69) is 13.8 Å². The number of carbonyl (C=O) groups is 3. The van der Waals surface area contributed by atoms with E-state index in [0.29, 0.717) is 29.9 Å². The van der Waals surface area contributed by atoms with Crippen LogP contribution < -0.4 is 0 Å². The summed E-state index contributed by atoms with van der Waals surface area (Å²) < 4.78 is 16.4. The minimum absolute atomic E-state index is 0.0694. The highest BCUT2D eigenvalue weighted by molar-refractivity contribution is 5.92. The van der Waals surface area contributed by atoms with E-state index < -0.39 is 29.7 Å². The Kier molecular flexibility index (Phi) is 6.44. The molecule has 3 rings (SSSR count). The summed E-state index contributed by atoms with van der Waals surface area (Å²) in [6.45, 7) is 7.11. The maximum absolute atomic E-state index is 13.2. The number of esters is 2. The van der Waals surface area contributed by atoms with Crippen LogP contribution in [0.3, 0.4) is 0 Å². The number of fused-ring (bicyclic) bond motifs is 2. The van der Waals surface area contributed by atoms with Gasteiger partial charge in [-0.3, -0.25) is 9.59 Å². The minimum atomic E-state index is -1.74. The predicted octanol–water partition coefficient (Wildman–Crippen LogP) is 2.94. The molecule has 2 fully saturated rings. The lowest BCUT2D eigenvalue weighted by molar-refractivity contribution is -0.243. The van der Waals surface area contributed by atoms with Gasteiger partial charge in [-0.2, -0.15) is 0 Å². The van der Waals surface area contributed by atoms with Gasteiger partial charge in [0.1, 0.15) is 18.5 Å². The Balaban J connectivity index is 2.10. The van der Waals surface area contributed by atoms with Crippen LogP contribution in [0.25, 0.3) is 0 Å². The summed E-state index contributed by atoms with van der Waals surface area (Å²) in [5, 5.41) is 11.3. The maximum Gasteiger partial charge on any atom is 0.336 e. The molecule has 0 spiro atoms. The highest BCUT2D eigenvalue weighted by Crippen LogP contribution is 2.54. The molecule has 0 aromatic carbocycles. The van der Waals surface area contributed by atoms with Gasteiger partial charge in [0.05, 0.1) is 5.92 Å². The van der Waals surface area contributed by atoms with Gasteiger partial charge in [0.15, 0.2) is 0 Å². The molecule has 0 aromatic rings. The van der Waals surface area contributed by atoms with E-state index in [9.17, 15) is 19.5 Å². The fraction of sp³-hybridized carbons (Fsp3) is 0.783. The van der Waals surface area contributed by atoms with E-state index in [4.69, 9.17) is 14.2 Å². The first kappa shape index (κ1) is 22.9. The first-order valence-corrected chi connectivity index (χ1v) is 10.9. The van der Waals surface area contributed by atoms with Crippen molar-refractivity contribution in [3.05, 3.63) is 11.1 Å². The zero-order chi connectivity index (χ0) is 22.3. The topological polar surface area (TPSA) is 99.1 Å². The summed E-state index contributed by atoms with van der Waals surface area (Å²) in [5.41, 5.74) is 0.963. The van der Waals surface area contributed by atoms with Crippen molar-refractivity contribution >= 4 is 17.7 Å². The highest BCUT2D eigenvalue weighted by atomic mass is 16.7. The van der Waals surface area contributed by atoms with Crippen LogP contribution in [-0.2, 0) is 28.6 Å². The third-order valence-corrected chi connectivity index (χ3v) is 7.73. The van der Waals surface area contributed by atoms with E-state index in [0.717, 1.165) is 19.3 Å². The Morgan fingerprint density at radius 1 is 1.30 bits per heavy atom. The predicted molar refractivity (Wildman–Crippen MR) is 108 cm³/mol. The normalized spacial score (nSPS) is 39.8. The molecule has 0 saturated heterocycles. The Bertz CT molecular complexity index is 757. The van der Waals surface area contributed by atoms with Crippen molar-refractivity contribution in [1.29, 1.82) is 0 Å². The number of methoxy groups -OCH3 is 1. The summed E-state index contributed by atoms with van der Waals surface area (Å²) in [5.74, 6) is -3.42. The van der Waals surface area contributed by atoms with E-state index in [1.165, 1.54) is 14.0 Å². The zero-order valence-corrected chi connectivity index (χ0v) is 18.7. The van der Waals surface area contributed by atoms with Crippen LogP contribution in [-0.4, -0.2) is 48.4 Å². The number of carbonyl (C=O) groups excluding carboxylic acids is 3. The molecule has 7 nitrogen and oxygen atoms in total. The van der Waals surface area contributed by atoms with Crippen LogP contribution >= 0.6 is 0 Å². The second-order valence-corrected chi connectivity index (χ2v) is 9.52. The third-order valence-electron chi connectivity index (χ3n) is 7.73. The van der Waals surface area contributed by atoms with E-state index in [1.807, 2.05) is 0 Å². The molecule has 0 amide bonds. The molecule has 0 aromatic heterocycles. The molecule has 168 valence electrons. The summed E-state index contributed by atoms with van der Waals surface area (Å²) in [7, 11) is 1.37.